The van der Waals surface area contributed by atoms with Crippen LogP contribution in [-0.4, -0.2) is 30.2 Å². The van der Waals surface area contributed by atoms with E-state index in [1.807, 2.05) is 31.2 Å². The molecular weight excluding hydrogens is 304 g/mol. The van der Waals surface area contributed by atoms with Gasteiger partial charge in [0.15, 0.2) is 5.96 Å². The van der Waals surface area contributed by atoms with Crippen molar-refractivity contribution < 1.29 is 4.79 Å². The van der Waals surface area contributed by atoms with Gasteiger partial charge in [0.25, 0.3) is 0 Å². The number of nitrogens with one attached hydrogen (secondary N) is 2. The van der Waals surface area contributed by atoms with E-state index in [9.17, 15) is 4.79 Å². The number of aliphatic imine (C=N–C) groups is 1. The number of amidine groups is 1. The number of nitrogens with zero attached hydrogens (tertiary/aromatic N) is 1. The molecule has 1 rings (SSSR count). The van der Waals surface area contributed by atoms with Crippen LogP contribution in [0.4, 0.5) is 0 Å². The summed E-state index contributed by atoms with van der Waals surface area (Å²) in [4.78, 5) is 16.0. The van der Waals surface area contributed by atoms with Crippen LogP contribution >= 0.6 is 0 Å². The van der Waals surface area contributed by atoms with Crippen molar-refractivity contribution in [3.8, 4) is 0 Å². The van der Waals surface area contributed by atoms with Gasteiger partial charge >= 0.3 is 0 Å². The molecule has 0 aromatic heterocycles. The fourth-order valence-corrected chi connectivity index (χ4v) is 2.20. The molecule has 1 atom stereocenters. The first-order chi connectivity index (χ1) is 11.4. The third-order valence-corrected chi connectivity index (χ3v) is 3.74. The molecule has 0 aliphatic carbocycles. The van der Waals surface area contributed by atoms with E-state index in [1.165, 1.54) is 0 Å². The maximum absolute atomic E-state index is 12.1. The van der Waals surface area contributed by atoms with E-state index in [4.69, 9.17) is 22.6 Å². The first-order valence-electron chi connectivity index (χ1n) is 8.15. The summed E-state index contributed by atoms with van der Waals surface area (Å²) in [6.07, 6.45) is 3.22. The van der Waals surface area contributed by atoms with Gasteiger partial charge in [0.1, 0.15) is 11.6 Å². The highest BCUT2D eigenvalue weighted by Crippen LogP contribution is 2.06. The normalized spacial score (nSPS) is 11.7. The molecule has 132 valence electrons. The highest BCUT2D eigenvalue weighted by Gasteiger charge is 2.11. The minimum Gasteiger partial charge on any atom is -0.384 e. The molecule has 1 aromatic carbocycles. The maximum Gasteiger partial charge on any atom is 0.185 e. The third kappa shape index (κ3) is 7.73. The number of hydrogen-bond acceptors (Lipinski definition) is 4. The molecule has 7 nitrogen and oxygen atoms in total. The second-order valence-electron chi connectivity index (χ2n) is 5.80. The van der Waals surface area contributed by atoms with Gasteiger partial charge in [-0.1, -0.05) is 30.7 Å². The van der Waals surface area contributed by atoms with Gasteiger partial charge in [-0.25, -0.2) is 0 Å². The predicted molar refractivity (Wildman–Crippen MR) is 97.9 cm³/mol. The maximum atomic E-state index is 12.1. The minimum atomic E-state index is -0.185. The second-order valence-corrected chi connectivity index (χ2v) is 5.80. The SMILES string of the molecule is CC(NCc1ccc(C(=N)N)cc1)C(=O)CCCCCN=C(N)N. The number of nitrogen functional groups attached to an aromatic ring is 1. The number of unbranched alkanes of at least 4 members (excludes halogenated alkanes) is 2. The first-order valence-corrected chi connectivity index (χ1v) is 8.15. The zero-order valence-electron chi connectivity index (χ0n) is 14.2. The van der Waals surface area contributed by atoms with Crippen molar-refractivity contribution in [3.63, 3.8) is 0 Å². The van der Waals surface area contributed by atoms with Crippen molar-refractivity contribution in [2.24, 2.45) is 22.2 Å². The van der Waals surface area contributed by atoms with Gasteiger partial charge in [0.2, 0.25) is 0 Å². The Kier molecular flexibility index (Phi) is 8.49. The van der Waals surface area contributed by atoms with Gasteiger partial charge in [0.05, 0.1) is 6.04 Å². The summed E-state index contributed by atoms with van der Waals surface area (Å²) in [6, 6.07) is 7.25. The van der Waals surface area contributed by atoms with Gasteiger partial charge in [-0.05, 0) is 25.3 Å². The summed E-state index contributed by atoms with van der Waals surface area (Å²) in [7, 11) is 0. The van der Waals surface area contributed by atoms with E-state index in [-0.39, 0.29) is 23.6 Å². The lowest BCUT2D eigenvalue weighted by molar-refractivity contribution is -0.120. The number of benzene rings is 1. The van der Waals surface area contributed by atoms with Crippen molar-refractivity contribution in [3.05, 3.63) is 35.4 Å². The van der Waals surface area contributed by atoms with Crippen LogP contribution in [0.1, 0.15) is 43.7 Å². The highest BCUT2D eigenvalue weighted by atomic mass is 16.1. The van der Waals surface area contributed by atoms with Crippen molar-refractivity contribution >= 4 is 17.6 Å². The van der Waals surface area contributed by atoms with Crippen LogP contribution in [0, 0.1) is 5.41 Å². The zero-order valence-corrected chi connectivity index (χ0v) is 14.2. The fourth-order valence-electron chi connectivity index (χ4n) is 2.20. The summed E-state index contributed by atoms with van der Waals surface area (Å²) >= 11 is 0. The van der Waals surface area contributed by atoms with Gasteiger partial charge in [0, 0.05) is 25.1 Å². The van der Waals surface area contributed by atoms with E-state index in [0.29, 0.717) is 25.1 Å². The number of Topliss-reactive ketones (excluding diaryl/α,β-unsaturated/α-hetero) is 1. The molecule has 24 heavy (non-hydrogen) atoms. The Labute approximate surface area is 143 Å². The van der Waals surface area contributed by atoms with E-state index in [1.54, 1.807) is 0 Å². The summed E-state index contributed by atoms with van der Waals surface area (Å²) < 4.78 is 0. The lowest BCUT2D eigenvalue weighted by Crippen LogP contribution is -2.33. The Balaban J connectivity index is 2.24. The van der Waals surface area contributed by atoms with Crippen LogP contribution in [0.3, 0.4) is 0 Å². The molecule has 0 fully saturated rings. The standard InChI is InChI=1S/C17H28N6O/c1-12(15(24)5-3-2-4-10-22-17(20)21)23-11-13-6-8-14(9-7-13)16(18)19/h6-9,12,23H,2-5,10-11H2,1H3,(H3,18,19)(H4,20,21,22). The lowest BCUT2D eigenvalue weighted by atomic mass is 10.1. The van der Waals surface area contributed by atoms with E-state index >= 15 is 0 Å². The number of carbonyl (C=O) groups is 1. The van der Waals surface area contributed by atoms with Crippen LogP contribution in [0.15, 0.2) is 29.3 Å². The number of nitrogens with two attached hydrogens (primary N) is 3. The quantitative estimate of drug-likeness (QED) is 0.232. The molecule has 8 N–H and O–H groups in total. The first kappa shape index (κ1) is 19.6. The zero-order chi connectivity index (χ0) is 17.9. The molecule has 0 bridgehead atoms. The van der Waals surface area contributed by atoms with Gasteiger partial charge in [-0.15, -0.1) is 0 Å². The van der Waals surface area contributed by atoms with Gasteiger partial charge in [-0.2, -0.15) is 0 Å². The highest BCUT2D eigenvalue weighted by molar-refractivity contribution is 5.94. The topological polar surface area (TPSA) is 143 Å². The third-order valence-electron chi connectivity index (χ3n) is 3.74. The fraction of sp³-hybridized carbons (Fsp3) is 0.471. The molecular formula is C17H28N6O. The van der Waals surface area contributed by atoms with E-state index < -0.39 is 0 Å². The minimum absolute atomic E-state index is 0.0536. The smallest absolute Gasteiger partial charge is 0.185 e. The Bertz CT molecular complexity index is 563. The molecule has 0 saturated heterocycles. The van der Waals surface area contributed by atoms with E-state index in [2.05, 4.69) is 10.3 Å². The van der Waals surface area contributed by atoms with Crippen molar-refractivity contribution in [2.45, 2.75) is 45.2 Å². The molecule has 1 unspecified atom stereocenters. The summed E-state index contributed by atoms with van der Waals surface area (Å²) in [6.45, 7) is 3.10. The molecule has 0 aliphatic rings. The average Bonchev–Trinajstić information content (AvgIpc) is 2.55. The van der Waals surface area contributed by atoms with Gasteiger partial charge < -0.3 is 22.5 Å². The Morgan fingerprint density at radius 3 is 2.42 bits per heavy atom. The molecule has 0 saturated carbocycles. The largest absolute Gasteiger partial charge is 0.384 e. The van der Waals surface area contributed by atoms with Gasteiger partial charge in [-0.3, -0.25) is 15.2 Å². The van der Waals surface area contributed by atoms with Crippen LogP contribution in [0.2, 0.25) is 0 Å². The second kappa shape index (κ2) is 10.4. The van der Waals surface area contributed by atoms with Crippen molar-refractivity contribution in [1.82, 2.24) is 5.32 Å². The molecule has 0 amide bonds. The monoisotopic (exact) mass is 332 g/mol. The van der Waals surface area contributed by atoms with E-state index in [0.717, 1.165) is 24.8 Å². The van der Waals surface area contributed by atoms with Crippen LogP contribution in [0.25, 0.3) is 0 Å². The Morgan fingerprint density at radius 2 is 1.83 bits per heavy atom. The predicted octanol–water partition coefficient (Wildman–Crippen LogP) is 0.852. The number of rotatable bonds is 11. The van der Waals surface area contributed by atoms with Crippen LogP contribution in [0.5, 0.6) is 0 Å². The van der Waals surface area contributed by atoms with Crippen LogP contribution < -0.4 is 22.5 Å². The van der Waals surface area contributed by atoms with Crippen molar-refractivity contribution in [1.29, 1.82) is 5.41 Å². The molecule has 1 aromatic rings. The molecule has 7 heteroatoms. The van der Waals surface area contributed by atoms with Crippen molar-refractivity contribution in [2.75, 3.05) is 6.54 Å². The number of ketones is 1. The molecule has 0 radical (unpaired) electrons. The number of guanidine groups is 1. The summed E-state index contributed by atoms with van der Waals surface area (Å²) in [5, 5.41) is 10.6. The summed E-state index contributed by atoms with van der Waals surface area (Å²) in [5.41, 5.74) is 17.7. The summed E-state index contributed by atoms with van der Waals surface area (Å²) in [5.74, 6) is 0.371. The van der Waals surface area contributed by atoms with Crippen LogP contribution in [-0.2, 0) is 11.3 Å². The number of carbonyl (C=O) groups excluding carboxylic acids is 1. The lowest BCUT2D eigenvalue weighted by Gasteiger charge is -2.13. The molecule has 0 heterocycles. The molecule has 0 spiro atoms. The molecule has 0 aliphatic heterocycles. The Morgan fingerprint density at radius 1 is 1.17 bits per heavy atom. The number of hydrogen-bond donors (Lipinski definition) is 5. The Hall–Kier alpha value is -2.41. The average molecular weight is 332 g/mol.